The molecule has 0 bridgehead atoms. The number of ketones is 2. The average Bonchev–Trinajstić information content (AvgIpc) is 2.35. The first kappa shape index (κ1) is 13.6. The minimum absolute atomic E-state index is 0.154. The molecule has 2 heteroatoms. The van der Waals surface area contributed by atoms with Gasteiger partial charge in [-0.2, -0.15) is 0 Å². The molecule has 0 N–H and O–H groups in total. The fourth-order valence-electron chi connectivity index (χ4n) is 1.69. The molecule has 0 unspecified atom stereocenters. The Morgan fingerprint density at radius 1 is 0.941 bits per heavy atom. The average molecular weight is 232 g/mol. The monoisotopic (exact) mass is 232 g/mol. The van der Waals surface area contributed by atoms with Crippen molar-refractivity contribution >= 4 is 11.6 Å². The third-order valence-corrected chi connectivity index (χ3v) is 2.74. The van der Waals surface area contributed by atoms with Gasteiger partial charge in [-0.25, -0.2) is 0 Å². The highest BCUT2D eigenvalue weighted by Gasteiger charge is 2.07. The predicted molar refractivity (Wildman–Crippen MR) is 68.9 cm³/mol. The number of hydrogen-bond acceptors (Lipinski definition) is 2. The number of hydrogen-bond donors (Lipinski definition) is 0. The zero-order valence-corrected chi connectivity index (χ0v) is 10.4. The minimum Gasteiger partial charge on any atom is -0.300 e. The largest absolute Gasteiger partial charge is 0.300 e. The van der Waals surface area contributed by atoms with E-state index in [9.17, 15) is 9.59 Å². The first-order valence-corrected chi connectivity index (χ1v) is 6.29. The van der Waals surface area contributed by atoms with Crippen LogP contribution in [0.25, 0.3) is 0 Å². The van der Waals surface area contributed by atoms with Crippen molar-refractivity contribution in [2.75, 3.05) is 0 Å². The summed E-state index contributed by atoms with van der Waals surface area (Å²) in [5.41, 5.74) is 1.03. The molecule has 0 amide bonds. The van der Waals surface area contributed by atoms with E-state index in [-0.39, 0.29) is 11.6 Å². The summed E-state index contributed by atoms with van der Waals surface area (Å²) < 4.78 is 0. The lowest BCUT2D eigenvalue weighted by atomic mass is 10.0. The fraction of sp³-hybridized carbons (Fsp3) is 0.467. The number of rotatable bonds is 8. The first-order valence-electron chi connectivity index (χ1n) is 6.29. The van der Waals surface area contributed by atoms with E-state index < -0.39 is 0 Å². The zero-order chi connectivity index (χ0) is 12.5. The Balaban J connectivity index is 2.24. The molecule has 0 spiro atoms. The van der Waals surface area contributed by atoms with Crippen LogP contribution in [0.3, 0.4) is 0 Å². The summed E-state index contributed by atoms with van der Waals surface area (Å²) in [4.78, 5) is 23.0. The van der Waals surface area contributed by atoms with Gasteiger partial charge >= 0.3 is 0 Å². The van der Waals surface area contributed by atoms with Gasteiger partial charge in [-0.1, -0.05) is 43.7 Å². The van der Waals surface area contributed by atoms with Crippen molar-refractivity contribution in [2.24, 2.45) is 0 Å². The SMILES string of the molecule is CCCCC(=O)CCC(=O)Cc1ccccc1. The fourth-order valence-corrected chi connectivity index (χ4v) is 1.69. The third kappa shape index (κ3) is 6.00. The van der Waals surface area contributed by atoms with Crippen LogP contribution in [0.5, 0.6) is 0 Å². The lowest BCUT2D eigenvalue weighted by molar-refractivity contribution is -0.124. The quantitative estimate of drug-likeness (QED) is 0.689. The molecule has 0 heterocycles. The summed E-state index contributed by atoms with van der Waals surface area (Å²) in [6, 6.07) is 9.67. The van der Waals surface area contributed by atoms with Gasteiger partial charge in [-0.15, -0.1) is 0 Å². The van der Waals surface area contributed by atoms with Gasteiger partial charge in [0.15, 0.2) is 0 Å². The second kappa shape index (κ2) is 7.77. The van der Waals surface area contributed by atoms with Gasteiger partial charge in [0.2, 0.25) is 0 Å². The minimum atomic E-state index is 0.154. The second-order valence-electron chi connectivity index (χ2n) is 4.34. The number of unbranched alkanes of at least 4 members (excludes halogenated alkanes) is 1. The molecule has 17 heavy (non-hydrogen) atoms. The maximum absolute atomic E-state index is 11.6. The Morgan fingerprint density at radius 3 is 2.24 bits per heavy atom. The highest BCUT2D eigenvalue weighted by Crippen LogP contribution is 2.06. The first-order chi connectivity index (χ1) is 8.22. The van der Waals surface area contributed by atoms with Crippen LogP contribution in [0.15, 0.2) is 30.3 Å². The van der Waals surface area contributed by atoms with Gasteiger partial charge in [0, 0.05) is 25.7 Å². The molecule has 92 valence electrons. The molecule has 0 aliphatic heterocycles. The third-order valence-electron chi connectivity index (χ3n) is 2.74. The molecule has 1 rings (SSSR count). The Morgan fingerprint density at radius 2 is 1.59 bits per heavy atom. The normalized spacial score (nSPS) is 10.2. The molecule has 0 radical (unpaired) electrons. The Hall–Kier alpha value is -1.44. The topological polar surface area (TPSA) is 34.1 Å². The van der Waals surface area contributed by atoms with E-state index in [4.69, 9.17) is 0 Å². The van der Waals surface area contributed by atoms with E-state index in [1.807, 2.05) is 30.3 Å². The zero-order valence-electron chi connectivity index (χ0n) is 10.4. The van der Waals surface area contributed by atoms with Crippen LogP contribution in [0.1, 0.15) is 44.6 Å². The molecule has 0 atom stereocenters. The van der Waals surface area contributed by atoms with Crippen molar-refractivity contribution in [1.29, 1.82) is 0 Å². The van der Waals surface area contributed by atoms with Gasteiger partial charge in [0.1, 0.15) is 11.6 Å². The van der Waals surface area contributed by atoms with Crippen LogP contribution in [-0.4, -0.2) is 11.6 Å². The van der Waals surface area contributed by atoms with Gasteiger partial charge < -0.3 is 0 Å². The van der Waals surface area contributed by atoms with Crippen molar-refractivity contribution < 1.29 is 9.59 Å². The van der Waals surface area contributed by atoms with Crippen LogP contribution in [0, 0.1) is 0 Å². The molecular weight excluding hydrogens is 212 g/mol. The van der Waals surface area contributed by atoms with E-state index in [1.165, 1.54) is 0 Å². The maximum Gasteiger partial charge on any atom is 0.137 e. The Bertz CT molecular complexity index is 354. The molecule has 0 aromatic heterocycles. The van der Waals surface area contributed by atoms with Crippen molar-refractivity contribution in [2.45, 2.75) is 45.4 Å². The highest BCUT2D eigenvalue weighted by atomic mass is 16.1. The molecular formula is C15H20O2. The van der Waals surface area contributed by atoms with Crippen LogP contribution in [0.2, 0.25) is 0 Å². The molecule has 0 aliphatic rings. The maximum atomic E-state index is 11.6. The summed E-state index contributed by atoms with van der Waals surface area (Å²) in [7, 11) is 0. The molecule has 0 saturated heterocycles. The van der Waals surface area contributed by atoms with Gasteiger partial charge in [-0.3, -0.25) is 9.59 Å². The molecule has 1 aromatic carbocycles. The summed E-state index contributed by atoms with van der Waals surface area (Å²) in [6.45, 7) is 2.06. The van der Waals surface area contributed by atoms with Crippen LogP contribution >= 0.6 is 0 Å². The number of carbonyl (C=O) groups excluding carboxylic acids is 2. The Labute approximate surface area is 103 Å². The van der Waals surface area contributed by atoms with Crippen LogP contribution in [0.4, 0.5) is 0 Å². The number of Topliss-reactive ketones (excluding diaryl/α,β-unsaturated/α-hetero) is 2. The number of carbonyl (C=O) groups is 2. The molecule has 0 aliphatic carbocycles. The van der Waals surface area contributed by atoms with Crippen molar-refractivity contribution in [1.82, 2.24) is 0 Å². The second-order valence-corrected chi connectivity index (χ2v) is 4.34. The predicted octanol–water partition coefficient (Wildman–Crippen LogP) is 3.34. The Kier molecular flexibility index (Phi) is 6.23. The summed E-state index contributed by atoms with van der Waals surface area (Å²) in [6.07, 6.45) is 3.83. The van der Waals surface area contributed by atoms with Crippen LogP contribution < -0.4 is 0 Å². The van der Waals surface area contributed by atoms with E-state index in [0.29, 0.717) is 25.7 Å². The van der Waals surface area contributed by atoms with Crippen molar-refractivity contribution in [3.05, 3.63) is 35.9 Å². The van der Waals surface area contributed by atoms with E-state index in [2.05, 4.69) is 6.92 Å². The molecule has 0 saturated carbocycles. The van der Waals surface area contributed by atoms with Crippen molar-refractivity contribution in [3.63, 3.8) is 0 Å². The van der Waals surface area contributed by atoms with Gasteiger partial charge in [-0.05, 0) is 12.0 Å². The molecule has 2 nitrogen and oxygen atoms in total. The highest BCUT2D eigenvalue weighted by molar-refractivity contribution is 5.87. The van der Waals surface area contributed by atoms with Gasteiger partial charge in [0.25, 0.3) is 0 Å². The molecule has 1 aromatic rings. The van der Waals surface area contributed by atoms with Crippen molar-refractivity contribution in [3.8, 4) is 0 Å². The summed E-state index contributed by atoms with van der Waals surface area (Å²) in [5, 5.41) is 0. The van der Waals surface area contributed by atoms with E-state index in [1.54, 1.807) is 0 Å². The number of benzene rings is 1. The lowest BCUT2D eigenvalue weighted by Crippen LogP contribution is -2.06. The van der Waals surface area contributed by atoms with E-state index >= 15 is 0 Å². The summed E-state index contributed by atoms with van der Waals surface area (Å²) in [5.74, 6) is 0.370. The standard InChI is InChI=1S/C15H20O2/c1-2-3-9-14(16)10-11-15(17)12-13-7-5-4-6-8-13/h4-8H,2-3,9-12H2,1H3. The smallest absolute Gasteiger partial charge is 0.137 e. The molecule has 0 fully saturated rings. The summed E-state index contributed by atoms with van der Waals surface area (Å²) >= 11 is 0. The van der Waals surface area contributed by atoms with Gasteiger partial charge in [0.05, 0.1) is 0 Å². The lowest BCUT2D eigenvalue weighted by Gasteiger charge is -2.01. The van der Waals surface area contributed by atoms with Crippen LogP contribution in [-0.2, 0) is 16.0 Å². The van der Waals surface area contributed by atoms with E-state index in [0.717, 1.165) is 18.4 Å².